The molecule has 0 aliphatic heterocycles. The lowest BCUT2D eigenvalue weighted by Crippen LogP contribution is -2.43. The minimum absolute atomic E-state index is 0.0146. The summed E-state index contributed by atoms with van der Waals surface area (Å²) in [5.74, 6) is -1.72. The van der Waals surface area contributed by atoms with E-state index in [9.17, 15) is 14.4 Å². The molecule has 158 valence electrons. The zero-order chi connectivity index (χ0) is 21.8. The SMILES string of the molecule is CC(C)(C)OC(=O)NCCN(CC(=O)O)C(=O)Cn1cnc2c(N)nc(N)nc21. The van der Waals surface area contributed by atoms with Crippen LogP contribution in [0.5, 0.6) is 0 Å². The van der Waals surface area contributed by atoms with E-state index in [-0.39, 0.29) is 42.6 Å². The van der Waals surface area contributed by atoms with Crippen LogP contribution < -0.4 is 16.8 Å². The number of amides is 2. The number of ether oxygens (including phenoxy) is 1. The summed E-state index contributed by atoms with van der Waals surface area (Å²) in [7, 11) is 0. The molecule has 0 radical (unpaired) electrons. The molecule has 0 aliphatic rings. The Morgan fingerprint density at radius 1 is 1.28 bits per heavy atom. The number of hydrogen-bond donors (Lipinski definition) is 4. The molecule has 13 nitrogen and oxygen atoms in total. The standard InChI is InChI=1S/C16H24N8O5/c1-16(2,3)29-15(28)19-4-5-23(7-10(26)27)9(25)6-24-8-20-11-12(17)21-14(18)22-13(11)24/h8H,4-7H2,1-3H3,(H,19,28)(H,26,27)(H4,17,18,21,22). The molecule has 0 unspecified atom stereocenters. The summed E-state index contributed by atoms with van der Waals surface area (Å²) in [6, 6.07) is 0. The number of aliphatic carboxylic acids is 1. The molecule has 0 spiro atoms. The average Bonchev–Trinajstić information content (AvgIpc) is 2.95. The van der Waals surface area contributed by atoms with Crippen molar-refractivity contribution in [2.24, 2.45) is 0 Å². The van der Waals surface area contributed by atoms with Gasteiger partial charge in [-0.1, -0.05) is 0 Å². The summed E-state index contributed by atoms with van der Waals surface area (Å²) in [5, 5.41) is 11.6. The molecule has 0 atom stereocenters. The number of hydrogen-bond acceptors (Lipinski definition) is 9. The Kier molecular flexibility index (Phi) is 6.41. The Bertz CT molecular complexity index is 920. The lowest BCUT2D eigenvalue weighted by atomic mass is 10.2. The maximum atomic E-state index is 12.6. The highest BCUT2D eigenvalue weighted by Gasteiger charge is 2.21. The first kappa shape index (κ1) is 21.7. The van der Waals surface area contributed by atoms with Gasteiger partial charge in [-0.25, -0.2) is 9.78 Å². The third-order valence-electron chi connectivity index (χ3n) is 3.54. The molecule has 6 N–H and O–H groups in total. The first-order chi connectivity index (χ1) is 13.5. The second kappa shape index (κ2) is 8.58. The van der Waals surface area contributed by atoms with Gasteiger partial charge in [0, 0.05) is 13.1 Å². The quantitative estimate of drug-likeness (QED) is 0.461. The average molecular weight is 408 g/mol. The molecular formula is C16H24N8O5. The Labute approximate surface area is 166 Å². The number of nitrogens with two attached hydrogens (primary N) is 2. The number of carbonyl (C=O) groups is 3. The number of rotatable bonds is 7. The highest BCUT2D eigenvalue weighted by Crippen LogP contribution is 2.17. The summed E-state index contributed by atoms with van der Waals surface area (Å²) in [4.78, 5) is 48.4. The molecule has 0 bridgehead atoms. The van der Waals surface area contributed by atoms with E-state index in [0.29, 0.717) is 0 Å². The normalized spacial score (nSPS) is 11.3. The number of nitrogens with one attached hydrogen (secondary N) is 1. The molecule has 13 heteroatoms. The van der Waals surface area contributed by atoms with E-state index in [2.05, 4.69) is 20.3 Å². The number of carboxylic acids is 1. The van der Waals surface area contributed by atoms with Crippen molar-refractivity contribution in [2.45, 2.75) is 32.9 Å². The molecule has 0 aliphatic carbocycles. The topological polar surface area (TPSA) is 192 Å². The monoisotopic (exact) mass is 408 g/mol. The smallest absolute Gasteiger partial charge is 0.407 e. The van der Waals surface area contributed by atoms with Crippen LogP contribution in [-0.4, -0.2) is 72.7 Å². The Morgan fingerprint density at radius 2 is 1.97 bits per heavy atom. The van der Waals surface area contributed by atoms with E-state index in [1.807, 2.05) is 0 Å². The van der Waals surface area contributed by atoms with Crippen molar-refractivity contribution in [3.05, 3.63) is 6.33 Å². The summed E-state index contributed by atoms with van der Waals surface area (Å²) in [6.07, 6.45) is 0.675. The third kappa shape index (κ3) is 6.19. The molecule has 29 heavy (non-hydrogen) atoms. The van der Waals surface area contributed by atoms with Crippen LogP contribution in [0.4, 0.5) is 16.6 Å². The molecule has 2 rings (SSSR count). The van der Waals surface area contributed by atoms with E-state index in [4.69, 9.17) is 21.3 Å². The predicted molar refractivity (Wildman–Crippen MR) is 103 cm³/mol. The van der Waals surface area contributed by atoms with Gasteiger partial charge in [0.05, 0.1) is 6.33 Å². The Balaban J connectivity index is 2.05. The van der Waals surface area contributed by atoms with Gasteiger partial charge >= 0.3 is 12.1 Å². The van der Waals surface area contributed by atoms with Crippen LogP contribution in [0.1, 0.15) is 20.8 Å². The summed E-state index contributed by atoms with van der Waals surface area (Å²) in [6.45, 7) is 4.34. The lowest BCUT2D eigenvalue weighted by molar-refractivity contribution is -0.144. The number of nitrogens with zero attached hydrogens (tertiary/aromatic N) is 5. The first-order valence-corrected chi connectivity index (χ1v) is 8.66. The van der Waals surface area contributed by atoms with Gasteiger partial charge in [-0.15, -0.1) is 0 Å². The number of imidazole rings is 1. The maximum absolute atomic E-state index is 12.6. The molecule has 0 saturated heterocycles. The van der Waals surface area contributed by atoms with Crippen molar-refractivity contribution >= 4 is 40.9 Å². The van der Waals surface area contributed by atoms with Gasteiger partial charge in [0.25, 0.3) is 0 Å². The van der Waals surface area contributed by atoms with Crippen molar-refractivity contribution in [1.82, 2.24) is 29.7 Å². The van der Waals surface area contributed by atoms with E-state index < -0.39 is 30.1 Å². The number of carbonyl (C=O) groups excluding carboxylic acids is 2. The predicted octanol–water partition coefficient (Wildman–Crippen LogP) is -0.571. The van der Waals surface area contributed by atoms with Gasteiger partial charge in [-0.2, -0.15) is 9.97 Å². The molecule has 2 heterocycles. The van der Waals surface area contributed by atoms with E-state index in [1.54, 1.807) is 20.8 Å². The van der Waals surface area contributed by atoms with Crippen molar-refractivity contribution in [3.8, 4) is 0 Å². The van der Waals surface area contributed by atoms with Gasteiger partial charge in [0.1, 0.15) is 24.2 Å². The van der Waals surface area contributed by atoms with Gasteiger partial charge in [-0.05, 0) is 20.8 Å². The number of anilines is 2. The van der Waals surface area contributed by atoms with Crippen LogP contribution in [0, 0.1) is 0 Å². The van der Waals surface area contributed by atoms with Gasteiger partial charge in [0.15, 0.2) is 11.5 Å². The molecule has 2 aromatic heterocycles. The van der Waals surface area contributed by atoms with E-state index >= 15 is 0 Å². The summed E-state index contributed by atoms with van der Waals surface area (Å²) in [5.41, 5.74) is 11.2. The van der Waals surface area contributed by atoms with Gasteiger partial charge in [-0.3, -0.25) is 9.59 Å². The molecule has 0 fully saturated rings. The molecule has 0 aromatic carbocycles. The maximum Gasteiger partial charge on any atom is 0.407 e. The van der Waals surface area contributed by atoms with Crippen molar-refractivity contribution in [2.75, 3.05) is 31.1 Å². The summed E-state index contributed by atoms with van der Waals surface area (Å²) >= 11 is 0. The molecule has 2 aromatic rings. The summed E-state index contributed by atoms with van der Waals surface area (Å²) < 4.78 is 6.49. The lowest BCUT2D eigenvalue weighted by Gasteiger charge is -2.23. The largest absolute Gasteiger partial charge is 0.480 e. The number of aromatic nitrogens is 4. The zero-order valence-corrected chi connectivity index (χ0v) is 16.4. The molecule has 2 amide bonds. The number of alkyl carbamates (subject to hydrolysis) is 1. The molecule has 0 saturated carbocycles. The zero-order valence-electron chi connectivity index (χ0n) is 16.4. The third-order valence-corrected chi connectivity index (χ3v) is 3.54. The van der Waals surface area contributed by atoms with Crippen molar-refractivity contribution in [1.29, 1.82) is 0 Å². The van der Waals surface area contributed by atoms with Gasteiger partial charge < -0.3 is 36.1 Å². The van der Waals surface area contributed by atoms with Crippen LogP contribution >= 0.6 is 0 Å². The second-order valence-corrected chi connectivity index (χ2v) is 7.15. The van der Waals surface area contributed by atoms with Crippen LogP contribution in [-0.2, 0) is 20.9 Å². The Morgan fingerprint density at radius 3 is 2.59 bits per heavy atom. The molecular weight excluding hydrogens is 384 g/mol. The fourth-order valence-corrected chi connectivity index (χ4v) is 2.41. The highest BCUT2D eigenvalue weighted by molar-refractivity contribution is 5.85. The first-order valence-electron chi connectivity index (χ1n) is 8.66. The Hall–Kier alpha value is -3.64. The van der Waals surface area contributed by atoms with Crippen LogP contribution in [0.15, 0.2) is 6.33 Å². The van der Waals surface area contributed by atoms with Gasteiger partial charge in [0.2, 0.25) is 11.9 Å². The fourth-order valence-electron chi connectivity index (χ4n) is 2.41. The number of fused-ring (bicyclic) bond motifs is 1. The minimum Gasteiger partial charge on any atom is -0.480 e. The van der Waals surface area contributed by atoms with Crippen LogP contribution in [0.3, 0.4) is 0 Å². The van der Waals surface area contributed by atoms with Crippen LogP contribution in [0.25, 0.3) is 11.2 Å². The van der Waals surface area contributed by atoms with Crippen molar-refractivity contribution < 1.29 is 24.2 Å². The van der Waals surface area contributed by atoms with E-state index in [0.717, 1.165) is 4.90 Å². The van der Waals surface area contributed by atoms with Crippen LogP contribution in [0.2, 0.25) is 0 Å². The minimum atomic E-state index is -1.19. The highest BCUT2D eigenvalue weighted by atomic mass is 16.6. The van der Waals surface area contributed by atoms with E-state index in [1.165, 1.54) is 10.9 Å². The fraction of sp³-hybridized carbons (Fsp3) is 0.500. The van der Waals surface area contributed by atoms with Crippen molar-refractivity contribution in [3.63, 3.8) is 0 Å². The second-order valence-electron chi connectivity index (χ2n) is 7.15. The number of nitrogen functional groups attached to an aromatic ring is 2. The number of carboxylic acid groups (broad SMARTS) is 1.